The first-order valence-electron chi connectivity index (χ1n) is 9.73. The number of benzene rings is 2. The number of carbonyl (C=O) groups is 3. The van der Waals surface area contributed by atoms with E-state index < -0.39 is 29.3 Å². The highest BCUT2D eigenvalue weighted by Gasteiger charge is 2.25. The molecule has 3 rings (SSSR count). The van der Waals surface area contributed by atoms with Crippen LogP contribution in [0.15, 0.2) is 53.3 Å². The van der Waals surface area contributed by atoms with Gasteiger partial charge in [0.15, 0.2) is 5.69 Å². The molecule has 1 heterocycles. The van der Waals surface area contributed by atoms with E-state index in [4.69, 9.17) is 0 Å². The second-order valence-electron chi connectivity index (χ2n) is 7.45. The molecule has 0 radical (unpaired) electrons. The lowest BCUT2D eigenvalue weighted by Gasteiger charge is -2.22. The maximum absolute atomic E-state index is 12.6. The summed E-state index contributed by atoms with van der Waals surface area (Å²) >= 11 is 0. The molecule has 0 unspecified atom stereocenters. The van der Waals surface area contributed by atoms with Gasteiger partial charge in [0.2, 0.25) is 0 Å². The summed E-state index contributed by atoms with van der Waals surface area (Å²) in [7, 11) is 0. The Morgan fingerprint density at radius 3 is 2.19 bits per heavy atom. The zero-order valence-corrected chi connectivity index (χ0v) is 17.4. The van der Waals surface area contributed by atoms with Crippen molar-refractivity contribution in [3.05, 3.63) is 75.7 Å². The van der Waals surface area contributed by atoms with Crippen molar-refractivity contribution >= 4 is 28.5 Å². The lowest BCUT2D eigenvalue weighted by atomic mass is 10.0. The first kappa shape index (κ1) is 21.7. The van der Waals surface area contributed by atoms with E-state index in [0.29, 0.717) is 16.3 Å². The Labute approximate surface area is 178 Å². The van der Waals surface area contributed by atoms with Crippen molar-refractivity contribution in [2.45, 2.75) is 26.8 Å². The molecule has 9 nitrogen and oxygen atoms in total. The number of hydrogen-bond donors (Lipinski definition) is 4. The van der Waals surface area contributed by atoms with Gasteiger partial charge in [-0.3, -0.25) is 30.0 Å². The van der Waals surface area contributed by atoms with Crippen molar-refractivity contribution in [3.63, 3.8) is 0 Å². The van der Waals surface area contributed by atoms with Gasteiger partial charge < -0.3 is 5.32 Å². The molecule has 9 heteroatoms. The number of hydrogen-bond acceptors (Lipinski definition) is 5. The van der Waals surface area contributed by atoms with Crippen LogP contribution in [0.5, 0.6) is 0 Å². The molecule has 0 saturated carbocycles. The number of nitrogens with zero attached hydrogens (tertiary/aromatic N) is 1. The summed E-state index contributed by atoms with van der Waals surface area (Å²) in [6.07, 6.45) is 0. The number of aromatic nitrogens is 2. The van der Waals surface area contributed by atoms with Crippen molar-refractivity contribution < 1.29 is 14.4 Å². The van der Waals surface area contributed by atoms with E-state index >= 15 is 0 Å². The fourth-order valence-electron chi connectivity index (χ4n) is 3.01. The third-order valence-electron chi connectivity index (χ3n) is 4.76. The van der Waals surface area contributed by atoms with E-state index in [1.165, 1.54) is 0 Å². The quantitative estimate of drug-likeness (QED) is 0.463. The zero-order chi connectivity index (χ0) is 22.5. The number of aryl methyl sites for hydroxylation is 1. The Kier molecular flexibility index (Phi) is 6.44. The summed E-state index contributed by atoms with van der Waals surface area (Å²) in [5.74, 6) is -1.92. The number of nitrogens with one attached hydrogen (secondary N) is 4. The largest absolute Gasteiger partial charge is 0.340 e. The summed E-state index contributed by atoms with van der Waals surface area (Å²) in [6.45, 7) is 5.46. The summed E-state index contributed by atoms with van der Waals surface area (Å²) in [4.78, 5) is 49.5. The van der Waals surface area contributed by atoms with E-state index in [1.54, 1.807) is 62.4 Å². The average molecular weight is 421 g/mol. The number of aromatic amines is 1. The molecule has 1 aromatic heterocycles. The van der Waals surface area contributed by atoms with Crippen molar-refractivity contribution in [3.8, 4) is 0 Å². The van der Waals surface area contributed by atoms with Crippen molar-refractivity contribution in [1.82, 2.24) is 26.4 Å². The van der Waals surface area contributed by atoms with Gasteiger partial charge in [-0.25, -0.2) is 5.10 Å². The van der Waals surface area contributed by atoms with Gasteiger partial charge in [0, 0.05) is 10.9 Å². The summed E-state index contributed by atoms with van der Waals surface area (Å²) in [5.41, 5.74) is 5.59. The molecule has 2 aromatic carbocycles. The van der Waals surface area contributed by atoms with Crippen molar-refractivity contribution in [1.29, 1.82) is 0 Å². The molecule has 1 atom stereocenters. The zero-order valence-electron chi connectivity index (χ0n) is 17.4. The number of amides is 3. The highest BCUT2D eigenvalue weighted by molar-refractivity contribution is 6.05. The second kappa shape index (κ2) is 9.21. The Balaban J connectivity index is 1.70. The molecule has 160 valence electrons. The first-order valence-corrected chi connectivity index (χ1v) is 9.73. The molecule has 31 heavy (non-hydrogen) atoms. The van der Waals surface area contributed by atoms with Crippen molar-refractivity contribution in [2.75, 3.05) is 0 Å². The molecule has 3 aromatic rings. The first-order chi connectivity index (χ1) is 14.8. The van der Waals surface area contributed by atoms with Gasteiger partial charge in [0.05, 0.1) is 5.39 Å². The Bertz CT molecular complexity index is 1180. The van der Waals surface area contributed by atoms with Crippen LogP contribution in [0.4, 0.5) is 0 Å². The number of H-pyrrole nitrogens is 1. The van der Waals surface area contributed by atoms with Crippen LogP contribution in [0.2, 0.25) is 0 Å². The van der Waals surface area contributed by atoms with Crippen LogP contribution in [0, 0.1) is 12.8 Å². The monoisotopic (exact) mass is 421 g/mol. The lowest BCUT2D eigenvalue weighted by Crippen LogP contribution is -2.54. The molecule has 0 bridgehead atoms. The van der Waals surface area contributed by atoms with Gasteiger partial charge in [-0.2, -0.15) is 5.10 Å². The Morgan fingerprint density at radius 1 is 0.903 bits per heavy atom. The van der Waals surface area contributed by atoms with Crippen molar-refractivity contribution in [2.24, 2.45) is 5.92 Å². The fraction of sp³-hybridized carbons (Fsp3) is 0.227. The third kappa shape index (κ3) is 4.95. The van der Waals surface area contributed by atoms with Gasteiger partial charge in [-0.15, -0.1) is 0 Å². The normalized spacial score (nSPS) is 11.7. The van der Waals surface area contributed by atoms with Crippen LogP contribution < -0.4 is 21.7 Å². The number of carbonyl (C=O) groups excluding carboxylic acids is 3. The minimum atomic E-state index is -0.880. The number of hydrazine groups is 1. The molecule has 0 aliphatic rings. The van der Waals surface area contributed by atoms with E-state index in [1.807, 2.05) is 6.92 Å². The third-order valence-corrected chi connectivity index (χ3v) is 4.76. The highest BCUT2D eigenvalue weighted by Crippen LogP contribution is 2.12. The summed E-state index contributed by atoms with van der Waals surface area (Å²) in [5, 5.41) is 9.40. The average Bonchev–Trinajstić information content (AvgIpc) is 2.76. The van der Waals surface area contributed by atoms with Gasteiger partial charge in [-0.1, -0.05) is 49.7 Å². The predicted octanol–water partition coefficient (Wildman–Crippen LogP) is 1.45. The van der Waals surface area contributed by atoms with Crippen LogP contribution in [-0.2, 0) is 4.79 Å². The summed E-state index contributed by atoms with van der Waals surface area (Å²) in [6, 6.07) is 12.6. The fourth-order valence-corrected chi connectivity index (χ4v) is 3.01. The molecule has 0 spiro atoms. The predicted molar refractivity (Wildman–Crippen MR) is 115 cm³/mol. The standard InChI is InChI=1S/C22H23N5O4/c1-12(2)17(23-19(28)14-10-8-13(3)9-11-14)21(30)26-27-22(31)18-15-6-4-5-7-16(15)20(29)25-24-18/h4-12,17H,1-3H3,(H,23,28)(H,25,29)(H,26,30)(H,27,31)/t17-/m0/s1. The van der Waals surface area contributed by atoms with Crippen LogP contribution in [0.25, 0.3) is 10.8 Å². The van der Waals surface area contributed by atoms with E-state index in [9.17, 15) is 19.2 Å². The van der Waals surface area contributed by atoms with Gasteiger partial charge in [0.25, 0.3) is 23.3 Å². The van der Waals surface area contributed by atoms with Gasteiger partial charge in [0.1, 0.15) is 6.04 Å². The molecule has 0 saturated heterocycles. The number of rotatable bonds is 5. The van der Waals surface area contributed by atoms with Crippen LogP contribution in [0.1, 0.15) is 40.3 Å². The molecular weight excluding hydrogens is 398 g/mol. The second-order valence-corrected chi connectivity index (χ2v) is 7.45. The maximum Gasteiger partial charge on any atom is 0.290 e. The molecule has 0 aliphatic heterocycles. The maximum atomic E-state index is 12.6. The Hall–Kier alpha value is -4.01. The van der Waals surface area contributed by atoms with Gasteiger partial charge >= 0.3 is 0 Å². The lowest BCUT2D eigenvalue weighted by molar-refractivity contribution is -0.124. The molecule has 0 aliphatic carbocycles. The van der Waals surface area contributed by atoms with Gasteiger partial charge in [-0.05, 0) is 31.0 Å². The topological polar surface area (TPSA) is 133 Å². The molecular formula is C22H23N5O4. The van der Waals surface area contributed by atoms with E-state index in [-0.39, 0.29) is 11.6 Å². The smallest absolute Gasteiger partial charge is 0.290 e. The van der Waals surface area contributed by atoms with Crippen LogP contribution in [0.3, 0.4) is 0 Å². The molecule has 3 amide bonds. The number of fused-ring (bicyclic) bond motifs is 1. The summed E-state index contributed by atoms with van der Waals surface area (Å²) < 4.78 is 0. The highest BCUT2D eigenvalue weighted by atomic mass is 16.2. The van der Waals surface area contributed by atoms with Crippen LogP contribution >= 0.6 is 0 Å². The van der Waals surface area contributed by atoms with E-state index in [2.05, 4.69) is 26.4 Å². The van der Waals surface area contributed by atoms with E-state index in [0.717, 1.165) is 5.56 Å². The SMILES string of the molecule is Cc1ccc(C(=O)N[C@H](C(=O)NNC(=O)c2n[nH]c(=O)c3ccccc23)C(C)C)cc1. The molecule has 4 N–H and O–H groups in total. The molecule has 0 fully saturated rings. The van der Waals surface area contributed by atoms with Crippen LogP contribution in [-0.4, -0.2) is 34.0 Å². The Morgan fingerprint density at radius 2 is 1.55 bits per heavy atom. The minimum absolute atomic E-state index is 0.0414. The minimum Gasteiger partial charge on any atom is -0.340 e.